The first-order valence-corrected chi connectivity index (χ1v) is 8.03. The zero-order chi connectivity index (χ0) is 15.0. The molecule has 1 atom stereocenters. The maximum Gasteiger partial charge on any atom is 0.232 e. The van der Waals surface area contributed by atoms with Crippen LogP contribution in [0.5, 0.6) is 0 Å². The molecule has 1 aromatic rings. The van der Waals surface area contributed by atoms with Crippen molar-refractivity contribution in [2.75, 3.05) is 18.8 Å². The van der Waals surface area contributed by atoms with Crippen LogP contribution in [-0.4, -0.2) is 29.6 Å². The molecule has 0 aliphatic heterocycles. The molecule has 1 rings (SSSR count). The van der Waals surface area contributed by atoms with Gasteiger partial charge in [0.05, 0.1) is 17.7 Å². The monoisotopic (exact) mass is 290 g/mol. The van der Waals surface area contributed by atoms with E-state index in [1.807, 2.05) is 26.0 Å². The van der Waals surface area contributed by atoms with Gasteiger partial charge in [-0.05, 0) is 31.9 Å². The number of thioether (sulfide) groups is 1. The molecule has 0 N–H and O–H groups in total. The van der Waals surface area contributed by atoms with Crippen molar-refractivity contribution >= 4 is 17.7 Å². The van der Waals surface area contributed by atoms with Crippen molar-refractivity contribution in [1.82, 2.24) is 4.90 Å². The second-order valence-electron chi connectivity index (χ2n) is 4.88. The number of hydrogen-bond acceptors (Lipinski definition) is 3. The van der Waals surface area contributed by atoms with Crippen molar-refractivity contribution in [3.05, 3.63) is 35.4 Å². The zero-order valence-corrected chi connectivity index (χ0v) is 13.2. The Bertz CT molecular complexity index is 482. The average Bonchev–Trinajstić information content (AvgIpc) is 2.46. The van der Waals surface area contributed by atoms with Gasteiger partial charge in [0.1, 0.15) is 0 Å². The molecule has 1 unspecified atom stereocenters. The maximum atomic E-state index is 12.1. The third kappa shape index (κ3) is 5.26. The van der Waals surface area contributed by atoms with E-state index in [1.54, 1.807) is 16.7 Å². The molecule has 108 valence electrons. The number of aryl methyl sites for hydroxylation is 1. The Morgan fingerprint density at radius 2 is 2.15 bits per heavy atom. The summed E-state index contributed by atoms with van der Waals surface area (Å²) in [6.45, 7) is 7.07. The molecule has 0 aromatic heterocycles. The van der Waals surface area contributed by atoms with Gasteiger partial charge in [-0.1, -0.05) is 24.3 Å². The fraction of sp³-hybridized carbons (Fsp3) is 0.500. The van der Waals surface area contributed by atoms with Gasteiger partial charge in [0.25, 0.3) is 0 Å². The van der Waals surface area contributed by atoms with Gasteiger partial charge in [0.2, 0.25) is 5.91 Å². The third-order valence-corrected chi connectivity index (χ3v) is 4.16. The molecule has 0 saturated carbocycles. The molecule has 1 aromatic carbocycles. The maximum absolute atomic E-state index is 12.1. The zero-order valence-electron chi connectivity index (χ0n) is 12.4. The summed E-state index contributed by atoms with van der Waals surface area (Å²) < 4.78 is 0. The Labute approximate surface area is 126 Å². The number of carbonyl (C=O) groups is 1. The van der Waals surface area contributed by atoms with Crippen LogP contribution in [0.3, 0.4) is 0 Å². The first-order valence-electron chi connectivity index (χ1n) is 6.88. The van der Waals surface area contributed by atoms with Gasteiger partial charge in [-0.3, -0.25) is 4.79 Å². The Kier molecular flexibility index (Phi) is 7.17. The lowest BCUT2D eigenvalue weighted by Crippen LogP contribution is -2.35. The molecule has 0 radical (unpaired) electrons. The highest BCUT2D eigenvalue weighted by atomic mass is 32.2. The molecule has 0 saturated heterocycles. The van der Waals surface area contributed by atoms with E-state index in [1.165, 1.54) is 11.1 Å². The number of amides is 1. The van der Waals surface area contributed by atoms with E-state index in [9.17, 15) is 4.79 Å². The number of nitrogens with zero attached hydrogens (tertiary/aromatic N) is 2. The number of carbonyl (C=O) groups excluding carboxylic acids is 1. The van der Waals surface area contributed by atoms with Gasteiger partial charge in [-0.25, -0.2) is 0 Å². The Hall–Kier alpha value is -1.47. The quantitative estimate of drug-likeness (QED) is 0.774. The molecule has 0 aliphatic rings. The van der Waals surface area contributed by atoms with Crippen LogP contribution < -0.4 is 0 Å². The largest absolute Gasteiger partial charge is 0.341 e. The van der Waals surface area contributed by atoms with Crippen LogP contribution in [-0.2, 0) is 10.5 Å². The van der Waals surface area contributed by atoms with Gasteiger partial charge in [0.15, 0.2) is 0 Å². The Morgan fingerprint density at radius 1 is 1.45 bits per heavy atom. The lowest BCUT2D eigenvalue weighted by molar-refractivity contribution is -0.128. The van der Waals surface area contributed by atoms with Crippen LogP contribution in [0.4, 0.5) is 0 Å². The van der Waals surface area contributed by atoms with E-state index in [4.69, 9.17) is 5.26 Å². The second-order valence-corrected chi connectivity index (χ2v) is 5.87. The smallest absolute Gasteiger partial charge is 0.232 e. The molecular formula is C16H22N2OS. The van der Waals surface area contributed by atoms with Gasteiger partial charge in [0, 0.05) is 18.8 Å². The van der Waals surface area contributed by atoms with E-state index in [0.717, 1.165) is 5.75 Å². The predicted molar refractivity (Wildman–Crippen MR) is 84.4 cm³/mol. The van der Waals surface area contributed by atoms with Gasteiger partial charge in [-0.2, -0.15) is 5.26 Å². The molecule has 0 spiro atoms. The first-order chi connectivity index (χ1) is 9.58. The van der Waals surface area contributed by atoms with Crippen molar-refractivity contribution in [2.24, 2.45) is 5.92 Å². The third-order valence-electron chi connectivity index (χ3n) is 3.19. The van der Waals surface area contributed by atoms with Gasteiger partial charge in [-0.15, -0.1) is 11.8 Å². The van der Waals surface area contributed by atoms with Crippen molar-refractivity contribution in [3.8, 4) is 6.07 Å². The second kappa shape index (κ2) is 8.65. The van der Waals surface area contributed by atoms with Crippen LogP contribution in [0, 0.1) is 24.2 Å². The summed E-state index contributed by atoms with van der Waals surface area (Å²) in [6, 6.07) is 10.4. The van der Waals surface area contributed by atoms with Crippen molar-refractivity contribution in [2.45, 2.75) is 26.5 Å². The highest BCUT2D eigenvalue weighted by Crippen LogP contribution is 2.16. The van der Waals surface area contributed by atoms with E-state index in [0.29, 0.717) is 18.8 Å². The van der Waals surface area contributed by atoms with Crippen molar-refractivity contribution in [3.63, 3.8) is 0 Å². The molecule has 1 amide bonds. The summed E-state index contributed by atoms with van der Waals surface area (Å²) in [5.41, 5.74) is 2.54. The highest BCUT2D eigenvalue weighted by molar-refractivity contribution is 7.99. The van der Waals surface area contributed by atoms with E-state index >= 15 is 0 Å². The first kappa shape index (κ1) is 16.6. The normalized spacial score (nSPS) is 11.7. The lowest BCUT2D eigenvalue weighted by atomic mass is 10.1. The van der Waals surface area contributed by atoms with Crippen LogP contribution in [0.1, 0.15) is 25.0 Å². The number of benzene rings is 1. The summed E-state index contributed by atoms with van der Waals surface area (Å²) in [5.74, 6) is 1.33. The molecule has 4 heteroatoms. The molecule has 20 heavy (non-hydrogen) atoms. The van der Waals surface area contributed by atoms with E-state index in [2.05, 4.69) is 25.1 Å². The topological polar surface area (TPSA) is 44.1 Å². The average molecular weight is 290 g/mol. The van der Waals surface area contributed by atoms with Crippen molar-refractivity contribution in [1.29, 1.82) is 5.26 Å². The van der Waals surface area contributed by atoms with E-state index in [-0.39, 0.29) is 11.8 Å². The predicted octanol–water partition coefficient (Wildman–Crippen LogP) is 3.24. The number of rotatable bonds is 7. The van der Waals surface area contributed by atoms with Crippen LogP contribution >= 0.6 is 11.8 Å². The summed E-state index contributed by atoms with van der Waals surface area (Å²) in [6.07, 6.45) is 0. The minimum atomic E-state index is -0.111. The highest BCUT2D eigenvalue weighted by Gasteiger charge is 2.14. The van der Waals surface area contributed by atoms with Gasteiger partial charge >= 0.3 is 0 Å². The SMILES string of the molecule is CCN(CC(C)C#N)C(=O)CSCc1ccccc1C. The standard InChI is InChI=1S/C16H22N2OS/c1-4-18(10-13(2)9-17)16(19)12-20-11-15-8-6-5-7-14(15)3/h5-8,13H,4,10-12H2,1-3H3. The summed E-state index contributed by atoms with van der Waals surface area (Å²) in [5, 5.41) is 8.82. The fourth-order valence-corrected chi connectivity index (χ4v) is 2.89. The van der Waals surface area contributed by atoms with Crippen LogP contribution in [0.25, 0.3) is 0 Å². The molecular weight excluding hydrogens is 268 g/mol. The Morgan fingerprint density at radius 3 is 2.75 bits per heavy atom. The van der Waals surface area contributed by atoms with Crippen LogP contribution in [0.15, 0.2) is 24.3 Å². The van der Waals surface area contributed by atoms with Crippen molar-refractivity contribution < 1.29 is 4.79 Å². The van der Waals surface area contributed by atoms with E-state index < -0.39 is 0 Å². The minimum Gasteiger partial charge on any atom is -0.341 e. The molecule has 0 aliphatic carbocycles. The molecule has 3 nitrogen and oxygen atoms in total. The molecule has 0 heterocycles. The van der Waals surface area contributed by atoms with Gasteiger partial charge < -0.3 is 4.90 Å². The Balaban J connectivity index is 2.42. The molecule has 0 bridgehead atoms. The lowest BCUT2D eigenvalue weighted by Gasteiger charge is -2.21. The fourth-order valence-electron chi connectivity index (χ4n) is 1.89. The minimum absolute atomic E-state index is 0.111. The summed E-state index contributed by atoms with van der Waals surface area (Å²) >= 11 is 1.63. The summed E-state index contributed by atoms with van der Waals surface area (Å²) in [7, 11) is 0. The number of nitriles is 1. The molecule has 0 fully saturated rings. The van der Waals surface area contributed by atoms with Crippen LogP contribution in [0.2, 0.25) is 0 Å². The number of hydrogen-bond donors (Lipinski definition) is 0. The summed E-state index contributed by atoms with van der Waals surface area (Å²) in [4.78, 5) is 13.9.